The van der Waals surface area contributed by atoms with E-state index in [0.717, 1.165) is 12.2 Å². The summed E-state index contributed by atoms with van der Waals surface area (Å²) < 4.78 is 6.24. The molecule has 0 bridgehead atoms. The molecule has 0 saturated carbocycles. The molecule has 0 aromatic heterocycles. The zero-order valence-corrected chi connectivity index (χ0v) is 12.3. The third-order valence-electron chi connectivity index (χ3n) is 4.24. The number of rotatable bonds is 3. The van der Waals surface area contributed by atoms with E-state index < -0.39 is 0 Å². The molecule has 2 atom stereocenters. The number of hydrogen-bond donors (Lipinski definition) is 1. The molecule has 20 heavy (non-hydrogen) atoms. The van der Waals surface area contributed by atoms with Crippen LogP contribution < -0.4 is 10.1 Å². The molecule has 104 valence electrons. The van der Waals surface area contributed by atoms with Gasteiger partial charge in [0.15, 0.2) is 0 Å². The van der Waals surface area contributed by atoms with Crippen LogP contribution in [0.3, 0.4) is 0 Å². The molecular formula is C18H21NO. The minimum atomic E-state index is 0.222. The highest BCUT2D eigenvalue weighted by atomic mass is 16.5. The Morgan fingerprint density at radius 1 is 1.10 bits per heavy atom. The van der Waals surface area contributed by atoms with E-state index in [-0.39, 0.29) is 6.10 Å². The van der Waals surface area contributed by atoms with Gasteiger partial charge >= 0.3 is 0 Å². The molecule has 2 heteroatoms. The maximum absolute atomic E-state index is 6.24. The Morgan fingerprint density at radius 3 is 2.60 bits per heavy atom. The predicted molar refractivity (Wildman–Crippen MR) is 83.3 cm³/mol. The summed E-state index contributed by atoms with van der Waals surface area (Å²) in [7, 11) is 1.99. The summed E-state index contributed by atoms with van der Waals surface area (Å²) in [6, 6.07) is 15.3. The van der Waals surface area contributed by atoms with Crippen LogP contribution in [-0.4, -0.2) is 19.2 Å². The largest absolute Gasteiger partial charge is 0.488 e. The third kappa shape index (κ3) is 2.20. The van der Waals surface area contributed by atoms with Crippen LogP contribution in [0.25, 0.3) is 11.1 Å². The van der Waals surface area contributed by atoms with E-state index in [1.165, 1.54) is 22.3 Å². The Morgan fingerprint density at radius 2 is 1.85 bits per heavy atom. The van der Waals surface area contributed by atoms with E-state index in [9.17, 15) is 0 Å². The van der Waals surface area contributed by atoms with Crippen LogP contribution in [0.4, 0.5) is 0 Å². The molecular weight excluding hydrogens is 246 g/mol. The van der Waals surface area contributed by atoms with Crippen molar-refractivity contribution in [2.24, 2.45) is 0 Å². The predicted octanol–water partition coefficient (Wildman–Crippen LogP) is 3.57. The molecule has 2 aromatic carbocycles. The van der Waals surface area contributed by atoms with Crippen LogP contribution in [0.1, 0.15) is 18.1 Å². The Kier molecular flexibility index (Phi) is 3.49. The Labute approximate surface area is 120 Å². The molecule has 0 spiro atoms. The monoisotopic (exact) mass is 267 g/mol. The van der Waals surface area contributed by atoms with Crippen molar-refractivity contribution < 1.29 is 4.74 Å². The molecule has 1 aliphatic heterocycles. The molecule has 1 aliphatic rings. The summed E-state index contributed by atoms with van der Waals surface area (Å²) >= 11 is 0. The van der Waals surface area contributed by atoms with E-state index in [1.54, 1.807) is 0 Å². The standard InChI is InChI=1S/C18H21NO/c1-12-7-4-5-9-15(12)16-10-6-8-14-11-17(13(2)19-3)20-18(14)16/h4-10,13,17,19H,11H2,1-3H3. The van der Waals surface area contributed by atoms with Crippen molar-refractivity contribution in [3.05, 3.63) is 53.6 Å². The van der Waals surface area contributed by atoms with Gasteiger partial charge in [-0.25, -0.2) is 0 Å². The first-order chi connectivity index (χ1) is 9.70. The first kappa shape index (κ1) is 13.2. The lowest BCUT2D eigenvalue weighted by Gasteiger charge is -2.19. The minimum absolute atomic E-state index is 0.222. The van der Waals surface area contributed by atoms with Gasteiger partial charge in [-0.15, -0.1) is 0 Å². The molecule has 1 N–H and O–H groups in total. The van der Waals surface area contributed by atoms with E-state index in [1.807, 2.05) is 7.05 Å². The highest BCUT2D eigenvalue weighted by Gasteiger charge is 2.29. The van der Waals surface area contributed by atoms with Crippen LogP contribution in [-0.2, 0) is 6.42 Å². The van der Waals surface area contributed by atoms with E-state index in [2.05, 4.69) is 61.6 Å². The third-order valence-corrected chi connectivity index (χ3v) is 4.24. The Hall–Kier alpha value is -1.80. The van der Waals surface area contributed by atoms with Gasteiger partial charge in [0.2, 0.25) is 0 Å². The summed E-state index contributed by atoms with van der Waals surface area (Å²) in [4.78, 5) is 0. The summed E-state index contributed by atoms with van der Waals surface area (Å²) in [6.07, 6.45) is 1.21. The lowest BCUT2D eigenvalue weighted by atomic mass is 9.97. The second kappa shape index (κ2) is 5.29. The average molecular weight is 267 g/mol. The summed E-state index contributed by atoms with van der Waals surface area (Å²) in [5.41, 5.74) is 5.08. The minimum Gasteiger partial charge on any atom is -0.488 e. The van der Waals surface area contributed by atoms with Gasteiger partial charge in [-0.05, 0) is 37.6 Å². The fourth-order valence-electron chi connectivity index (χ4n) is 2.85. The van der Waals surface area contributed by atoms with Gasteiger partial charge in [0, 0.05) is 18.0 Å². The number of hydrogen-bond acceptors (Lipinski definition) is 2. The molecule has 0 saturated heterocycles. The van der Waals surface area contributed by atoms with Gasteiger partial charge in [-0.3, -0.25) is 0 Å². The number of ether oxygens (including phenoxy) is 1. The molecule has 2 nitrogen and oxygen atoms in total. The zero-order valence-electron chi connectivity index (χ0n) is 12.3. The van der Waals surface area contributed by atoms with Gasteiger partial charge < -0.3 is 10.1 Å². The highest BCUT2D eigenvalue weighted by molar-refractivity contribution is 5.75. The fraction of sp³-hybridized carbons (Fsp3) is 0.333. The lowest BCUT2D eigenvalue weighted by molar-refractivity contribution is 0.192. The molecule has 0 amide bonds. The molecule has 0 radical (unpaired) electrons. The highest BCUT2D eigenvalue weighted by Crippen LogP contribution is 2.40. The fourth-order valence-corrected chi connectivity index (χ4v) is 2.85. The normalized spacial score (nSPS) is 18.4. The van der Waals surface area contributed by atoms with E-state index >= 15 is 0 Å². The smallest absolute Gasteiger partial charge is 0.130 e. The van der Waals surface area contributed by atoms with Gasteiger partial charge in [0.05, 0.1) is 0 Å². The van der Waals surface area contributed by atoms with E-state index in [4.69, 9.17) is 4.74 Å². The number of aryl methyl sites for hydroxylation is 1. The zero-order chi connectivity index (χ0) is 14.1. The first-order valence-electron chi connectivity index (χ1n) is 7.22. The van der Waals surface area contributed by atoms with Crippen molar-refractivity contribution in [2.45, 2.75) is 32.4 Å². The van der Waals surface area contributed by atoms with Crippen molar-refractivity contribution >= 4 is 0 Å². The number of fused-ring (bicyclic) bond motifs is 1. The second-order valence-corrected chi connectivity index (χ2v) is 5.55. The maximum atomic E-state index is 6.24. The maximum Gasteiger partial charge on any atom is 0.130 e. The van der Waals surface area contributed by atoms with Gasteiger partial charge in [-0.2, -0.15) is 0 Å². The molecule has 0 aliphatic carbocycles. The summed E-state index contributed by atoms with van der Waals surface area (Å²) in [5.74, 6) is 1.06. The number of likely N-dealkylation sites (N-methyl/N-ethyl adjacent to an activating group) is 1. The Bertz CT molecular complexity index is 621. The van der Waals surface area contributed by atoms with Crippen LogP contribution in [0.2, 0.25) is 0 Å². The molecule has 3 rings (SSSR count). The molecule has 2 aromatic rings. The van der Waals surface area contributed by atoms with Crippen molar-refractivity contribution in [3.8, 4) is 16.9 Å². The van der Waals surface area contributed by atoms with Crippen molar-refractivity contribution in [1.82, 2.24) is 5.32 Å². The summed E-state index contributed by atoms with van der Waals surface area (Å²) in [6.45, 7) is 4.32. The second-order valence-electron chi connectivity index (χ2n) is 5.55. The Balaban J connectivity index is 2.02. The van der Waals surface area contributed by atoms with Gasteiger partial charge in [0.1, 0.15) is 11.9 Å². The quantitative estimate of drug-likeness (QED) is 0.918. The van der Waals surface area contributed by atoms with Gasteiger partial charge in [-0.1, -0.05) is 42.5 Å². The van der Waals surface area contributed by atoms with Crippen molar-refractivity contribution in [1.29, 1.82) is 0 Å². The van der Waals surface area contributed by atoms with Crippen LogP contribution >= 0.6 is 0 Å². The molecule has 0 fully saturated rings. The number of para-hydroxylation sites is 1. The topological polar surface area (TPSA) is 21.3 Å². The average Bonchev–Trinajstić information content (AvgIpc) is 2.91. The van der Waals surface area contributed by atoms with Crippen LogP contribution in [0.15, 0.2) is 42.5 Å². The van der Waals surface area contributed by atoms with Crippen molar-refractivity contribution in [2.75, 3.05) is 7.05 Å². The van der Waals surface area contributed by atoms with Gasteiger partial charge in [0.25, 0.3) is 0 Å². The first-order valence-corrected chi connectivity index (χ1v) is 7.22. The lowest BCUT2D eigenvalue weighted by Crippen LogP contribution is -2.37. The molecule has 1 heterocycles. The summed E-state index contributed by atoms with van der Waals surface area (Å²) in [5, 5.41) is 3.29. The van der Waals surface area contributed by atoms with E-state index in [0.29, 0.717) is 6.04 Å². The van der Waals surface area contributed by atoms with Crippen LogP contribution in [0.5, 0.6) is 5.75 Å². The SMILES string of the molecule is CNC(C)C1Cc2cccc(-c3ccccc3C)c2O1. The van der Waals surface area contributed by atoms with Crippen LogP contribution in [0, 0.1) is 6.92 Å². The number of benzene rings is 2. The number of nitrogens with one attached hydrogen (secondary N) is 1. The van der Waals surface area contributed by atoms with Crippen molar-refractivity contribution in [3.63, 3.8) is 0 Å². The molecule has 2 unspecified atom stereocenters.